The molecule has 1 fully saturated rings. The van der Waals surface area contributed by atoms with Crippen LogP contribution in [0.15, 0.2) is 53.5 Å². The highest BCUT2D eigenvalue weighted by Gasteiger charge is 2.30. The summed E-state index contributed by atoms with van der Waals surface area (Å²) in [5, 5.41) is 13.6. The van der Waals surface area contributed by atoms with E-state index in [1.165, 1.54) is 4.68 Å². The molecule has 10 heteroatoms. The van der Waals surface area contributed by atoms with Gasteiger partial charge in [0, 0.05) is 22.0 Å². The lowest BCUT2D eigenvalue weighted by Gasteiger charge is -2.11. The summed E-state index contributed by atoms with van der Waals surface area (Å²) in [5.74, 6) is -0.160. The Morgan fingerprint density at radius 1 is 1.09 bits per heavy atom. The van der Waals surface area contributed by atoms with E-state index >= 15 is 0 Å². The van der Waals surface area contributed by atoms with Gasteiger partial charge in [0.1, 0.15) is 12.1 Å². The van der Waals surface area contributed by atoms with Gasteiger partial charge in [-0.3, -0.25) is 9.59 Å². The summed E-state index contributed by atoms with van der Waals surface area (Å²) in [6.07, 6.45) is 3.62. The van der Waals surface area contributed by atoms with E-state index in [-0.39, 0.29) is 12.5 Å². The van der Waals surface area contributed by atoms with Gasteiger partial charge in [0.2, 0.25) is 5.91 Å². The first-order valence-corrected chi connectivity index (χ1v) is 11.0. The van der Waals surface area contributed by atoms with E-state index in [1.807, 2.05) is 6.07 Å². The van der Waals surface area contributed by atoms with Crippen molar-refractivity contribution in [2.24, 2.45) is 0 Å². The first-order valence-electron chi connectivity index (χ1n) is 9.90. The number of amides is 1. The minimum atomic E-state index is -0.411. The molecule has 0 spiro atoms. The van der Waals surface area contributed by atoms with Crippen LogP contribution in [-0.2, 0) is 11.3 Å². The molecule has 2 heterocycles. The zero-order valence-electron chi connectivity index (χ0n) is 16.6. The third-order valence-electron chi connectivity index (χ3n) is 5.22. The van der Waals surface area contributed by atoms with E-state index in [0.29, 0.717) is 37.3 Å². The van der Waals surface area contributed by atoms with Crippen molar-refractivity contribution in [2.45, 2.75) is 25.3 Å². The summed E-state index contributed by atoms with van der Waals surface area (Å²) in [5.41, 5.74) is 1.86. The fourth-order valence-electron chi connectivity index (χ4n) is 3.57. The number of fused-ring (bicyclic) bond motifs is 1. The van der Waals surface area contributed by atoms with Gasteiger partial charge in [-0.1, -0.05) is 40.9 Å². The Labute approximate surface area is 197 Å². The lowest BCUT2D eigenvalue weighted by Crippen LogP contribution is -2.31. The second-order valence-corrected chi connectivity index (χ2v) is 8.85. The molecule has 32 heavy (non-hydrogen) atoms. The molecule has 1 aliphatic carbocycles. The summed E-state index contributed by atoms with van der Waals surface area (Å²) in [6.45, 7) is -0.254. The summed E-state index contributed by atoms with van der Waals surface area (Å²) < 4.78 is 2.73. The van der Waals surface area contributed by atoms with Crippen LogP contribution in [0.5, 0.6) is 0 Å². The predicted molar refractivity (Wildman–Crippen MR) is 125 cm³/mol. The van der Waals surface area contributed by atoms with Crippen molar-refractivity contribution < 1.29 is 4.79 Å². The number of nitrogens with zero attached hydrogens (tertiary/aromatic N) is 4. The Kier molecular flexibility index (Phi) is 5.41. The molecule has 162 valence electrons. The van der Waals surface area contributed by atoms with Crippen LogP contribution in [0.3, 0.4) is 0 Å². The van der Waals surface area contributed by atoms with Crippen LogP contribution in [0.1, 0.15) is 24.5 Å². The Morgan fingerprint density at radius 3 is 2.62 bits per heavy atom. The van der Waals surface area contributed by atoms with Crippen molar-refractivity contribution in [3.05, 3.63) is 79.8 Å². The van der Waals surface area contributed by atoms with Gasteiger partial charge in [0.15, 0.2) is 0 Å². The van der Waals surface area contributed by atoms with Gasteiger partial charge in [-0.2, -0.15) is 10.2 Å². The quantitative estimate of drug-likeness (QED) is 0.426. The monoisotopic (exact) mass is 487 g/mol. The fraction of sp³-hybridized carbons (Fsp3) is 0.182. The number of halogens is 3. The van der Waals surface area contributed by atoms with Crippen LogP contribution >= 0.6 is 34.8 Å². The van der Waals surface area contributed by atoms with Crippen molar-refractivity contribution in [3.8, 4) is 5.69 Å². The molecule has 2 aromatic heterocycles. The summed E-state index contributed by atoms with van der Waals surface area (Å²) in [6, 6.07) is 11.9. The van der Waals surface area contributed by atoms with Crippen LogP contribution in [0, 0.1) is 0 Å². The number of rotatable bonds is 5. The summed E-state index contributed by atoms with van der Waals surface area (Å²) >= 11 is 18.1. The highest BCUT2D eigenvalue weighted by atomic mass is 35.5. The van der Waals surface area contributed by atoms with Gasteiger partial charge in [0.25, 0.3) is 5.56 Å². The first-order chi connectivity index (χ1) is 15.4. The molecule has 0 bridgehead atoms. The maximum atomic E-state index is 13.3. The molecule has 0 radical (unpaired) electrons. The number of anilines is 1. The number of aromatic nitrogens is 4. The van der Waals surface area contributed by atoms with E-state index < -0.39 is 11.5 Å². The lowest BCUT2D eigenvalue weighted by atomic mass is 10.2. The maximum absolute atomic E-state index is 13.3. The van der Waals surface area contributed by atoms with Gasteiger partial charge in [-0.05, 0) is 49.2 Å². The average molecular weight is 489 g/mol. The zero-order valence-corrected chi connectivity index (χ0v) is 18.8. The second-order valence-electron chi connectivity index (χ2n) is 7.60. The van der Waals surface area contributed by atoms with E-state index in [9.17, 15) is 9.59 Å². The molecule has 1 aliphatic rings. The van der Waals surface area contributed by atoms with Crippen molar-refractivity contribution in [3.63, 3.8) is 0 Å². The Bertz CT molecular complexity index is 1430. The number of benzene rings is 2. The summed E-state index contributed by atoms with van der Waals surface area (Å²) in [7, 11) is 0. The number of carbonyl (C=O) groups excluding carboxylic acids is 1. The van der Waals surface area contributed by atoms with Crippen LogP contribution in [-0.4, -0.2) is 25.5 Å². The Morgan fingerprint density at radius 2 is 1.91 bits per heavy atom. The normalized spacial score (nSPS) is 13.5. The third kappa shape index (κ3) is 3.99. The van der Waals surface area contributed by atoms with E-state index in [2.05, 4.69) is 15.5 Å². The van der Waals surface area contributed by atoms with Crippen molar-refractivity contribution in [1.29, 1.82) is 0 Å². The highest BCUT2D eigenvalue weighted by molar-refractivity contribution is 6.42. The molecule has 7 nitrogen and oxygen atoms in total. The number of hydrogen-bond acceptors (Lipinski definition) is 4. The number of hydrogen-bond donors (Lipinski definition) is 1. The van der Waals surface area contributed by atoms with Crippen LogP contribution in [0.2, 0.25) is 15.1 Å². The minimum Gasteiger partial charge on any atom is -0.324 e. The Hall–Kier alpha value is -2.87. The third-order valence-corrected chi connectivity index (χ3v) is 6.20. The second kappa shape index (κ2) is 8.24. The molecule has 0 aliphatic heterocycles. The zero-order chi connectivity index (χ0) is 22.4. The van der Waals surface area contributed by atoms with Crippen LogP contribution < -0.4 is 10.9 Å². The Balaban J connectivity index is 1.55. The molecular formula is C22H16Cl3N5O2. The predicted octanol–water partition coefficient (Wildman–Crippen LogP) is 5.06. The number of carbonyl (C=O) groups is 1. The van der Waals surface area contributed by atoms with E-state index in [4.69, 9.17) is 34.8 Å². The average Bonchev–Trinajstić information content (AvgIpc) is 3.50. The molecular weight excluding hydrogens is 473 g/mol. The topological polar surface area (TPSA) is 81.8 Å². The molecule has 0 unspecified atom stereocenters. The van der Waals surface area contributed by atoms with Gasteiger partial charge in [-0.15, -0.1) is 0 Å². The van der Waals surface area contributed by atoms with Gasteiger partial charge in [0.05, 0.1) is 27.6 Å². The van der Waals surface area contributed by atoms with Gasteiger partial charge in [-0.25, -0.2) is 9.36 Å². The molecule has 5 rings (SSSR count). The molecule has 1 N–H and O–H groups in total. The molecule has 1 amide bonds. The number of nitrogens with one attached hydrogen (secondary N) is 1. The van der Waals surface area contributed by atoms with Gasteiger partial charge < -0.3 is 5.32 Å². The van der Waals surface area contributed by atoms with Crippen LogP contribution in [0.25, 0.3) is 16.6 Å². The standard InChI is InChI=1S/C22H16Cl3N5O2/c23-13-2-1-3-15(8-13)30-21-16(10-26-30)20(12-4-5-12)28-29(22(21)32)11-19(31)27-14-6-7-17(24)18(25)9-14/h1-3,6-10,12H,4-5,11H2,(H,27,31). The van der Waals surface area contributed by atoms with Crippen LogP contribution in [0.4, 0.5) is 5.69 Å². The molecule has 0 atom stereocenters. The lowest BCUT2D eigenvalue weighted by molar-refractivity contribution is -0.117. The fourth-order valence-corrected chi connectivity index (χ4v) is 4.06. The molecule has 0 saturated heterocycles. The molecule has 4 aromatic rings. The minimum absolute atomic E-state index is 0.250. The first kappa shape index (κ1) is 21.0. The van der Waals surface area contributed by atoms with Crippen molar-refractivity contribution >= 4 is 57.3 Å². The molecule has 2 aromatic carbocycles. The molecule has 1 saturated carbocycles. The smallest absolute Gasteiger partial charge is 0.293 e. The van der Waals surface area contributed by atoms with E-state index in [0.717, 1.165) is 18.5 Å². The van der Waals surface area contributed by atoms with Crippen molar-refractivity contribution in [2.75, 3.05) is 5.32 Å². The largest absolute Gasteiger partial charge is 0.324 e. The SMILES string of the molecule is O=C(Cn1nc(C2CC2)c2cnn(-c3cccc(Cl)c3)c2c1=O)Nc1ccc(Cl)c(Cl)c1. The van der Waals surface area contributed by atoms with E-state index in [1.54, 1.807) is 47.3 Å². The summed E-state index contributed by atoms with van der Waals surface area (Å²) in [4.78, 5) is 26.0. The highest BCUT2D eigenvalue weighted by Crippen LogP contribution is 2.41. The van der Waals surface area contributed by atoms with Gasteiger partial charge >= 0.3 is 0 Å². The maximum Gasteiger partial charge on any atom is 0.293 e. The van der Waals surface area contributed by atoms with Crippen molar-refractivity contribution in [1.82, 2.24) is 19.6 Å².